The second-order valence-corrected chi connectivity index (χ2v) is 4.61. The van der Waals surface area contributed by atoms with Crippen LogP contribution in [-0.4, -0.2) is 11.5 Å². The van der Waals surface area contributed by atoms with Crippen molar-refractivity contribution >= 4 is 17.0 Å². The number of nitrogens with one attached hydrogen (secondary N) is 1. The second-order valence-electron chi connectivity index (χ2n) is 3.64. The smallest absolute Gasteiger partial charge is 0.0794 e. The number of hydrogen-bond acceptors (Lipinski definition) is 4. The molecule has 0 saturated heterocycles. The lowest BCUT2D eigenvalue weighted by molar-refractivity contribution is 0.693. The second kappa shape index (κ2) is 5.63. The highest BCUT2D eigenvalue weighted by atomic mass is 32.1. The maximum Gasteiger partial charge on any atom is 0.0794 e. The predicted molar refractivity (Wildman–Crippen MR) is 68.4 cm³/mol. The Hall–Kier alpha value is -1.39. The normalized spacial score (nSPS) is 10.5. The lowest BCUT2D eigenvalue weighted by Gasteiger charge is -2.04. The molecule has 1 aromatic carbocycles. The molecule has 2 aromatic rings. The van der Waals surface area contributed by atoms with Gasteiger partial charge in [-0.2, -0.15) is 0 Å². The Kier molecular flexibility index (Phi) is 3.91. The van der Waals surface area contributed by atoms with E-state index in [-0.39, 0.29) is 0 Å². The van der Waals surface area contributed by atoms with Gasteiger partial charge in [0.05, 0.1) is 5.51 Å². The summed E-state index contributed by atoms with van der Waals surface area (Å²) in [5.41, 5.74) is 9.68. The van der Waals surface area contributed by atoms with Crippen LogP contribution >= 0.6 is 11.3 Å². The van der Waals surface area contributed by atoms with Crippen molar-refractivity contribution in [3.63, 3.8) is 0 Å². The first kappa shape index (κ1) is 11.1. The Labute approximate surface area is 99.3 Å². The van der Waals surface area contributed by atoms with Gasteiger partial charge < -0.3 is 11.1 Å². The molecule has 0 amide bonds. The van der Waals surface area contributed by atoms with Crippen molar-refractivity contribution in [3.05, 3.63) is 46.4 Å². The Bertz CT molecular complexity index is 426. The van der Waals surface area contributed by atoms with E-state index >= 15 is 0 Å². The highest BCUT2D eigenvalue weighted by Crippen LogP contribution is 2.07. The molecule has 0 bridgehead atoms. The van der Waals surface area contributed by atoms with Crippen molar-refractivity contribution in [2.45, 2.75) is 13.0 Å². The molecule has 0 radical (unpaired) electrons. The molecule has 2 rings (SSSR count). The third kappa shape index (κ3) is 3.32. The number of nitrogens with two attached hydrogens (primary N) is 1. The summed E-state index contributed by atoms with van der Waals surface area (Å²) in [6.07, 6.45) is 2.90. The number of hydrogen-bond donors (Lipinski definition) is 2. The first-order valence-corrected chi connectivity index (χ1v) is 6.15. The molecule has 4 heteroatoms. The molecule has 84 valence electrons. The van der Waals surface area contributed by atoms with Gasteiger partial charge in [-0.25, -0.2) is 0 Å². The van der Waals surface area contributed by atoms with Crippen LogP contribution in [0.25, 0.3) is 0 Å². The molecule has 16 heavy (non-hydrogen) atoms. The molecule has 3 N–H and O–H groups in total. The topological polar surface area (TPSA) is 50.9 Å². The average Bonchev–Trinajstić information content (AvgIpc) is 2.77. The van der Waals surface area contributed by atoms with Crippen LogP contribution in [0.4, 0.5) is 5.69 Å². The summed E-state index contributed by atoms with van der Waals surface area (Å²) in [7, 11) is 0. The minimum Gasteiger partial charge on any atom is -0.399 e. The summed E-state index contributed by atoms with van der Waals surface area (Å²) in [6.45, 7) is 1.86. The fourth-order valence-corrected chi connectivity index (χ4v) is 2.09. The molecule has 3 nitrogen and oxygen atoms in total. The molecule has 0 fully saturated rings. The van der Waals surface area contributed by atoms with E-state index in [0.717, 1.165) is 25.2 Å². The van der Waals surface area contributed by atoms with Crippen LogP contribution < -0.4 is 11.1 Å². The monoisotopic (exact) mass is 233 g/mol. The van der Waals surface area contributed by atoms with Gasteiger partial charge in [-0.1, -0.05) is 12.1 Å². The number of thiazole rings is 1. The van der Waals surface area contributed by atoms with Crippen molar-refractivity contribution in [2.75, 3.05) is 12.3 Å². The molecule has 1 heterocycles. The van der Waals surface area contributed by atoms with Crippen molar-refractivity contribution in [1.29, 1.82) is 0 Å². The number of benzene rings is 1. The maximum atomic E-state index is 5.71. The largest absolute Gasteiger partial charge is 0.399 e. The summed E-state index contributed by atoms with van der Waals surface area (Å²) in [5.74, 6) is 0. The Morgan fingerprint density at radius 2 is 2.31 bits per heavy atom. The van der Waals surface area contributed by atoms with Gasteiger partial charge in [0.1, 0.15) is 0 Å². The summed E-state index contributed by atoms with van der Waals surface area (Å²) in [6, 6.07) is 8.03. The van der Waals surface area contributed by atoms with Crippen LogP contribution in [-0.2, 0) is 13.0 Å². The highest BCUT2D eigenvalue weighted by molar-refractivity contribution is 7.09. The average molecular weight is 233 g/mol. The molecule has 0 unspecified atom stereocenters. The fourth-order valence-electron chi connectivity index (χ4n) is 1.52. The quantitative estimate of drug-likeness (QED) is 0.614. The van der Waals surface area contributed by atoms with Crippen molar-refractivity contribution < 1.29 is 0 Å². The van der Waals surface area contributed by atoms with E-state index in [1.54, 1.807) is 11.3 Å². The van der Waals surface area contributed by atoms with Gasteiger partial charge in [-0.05, 0) is 30.7 Å². The van der Waals surface area contributed by atoms with Crippen molar-refractivity contribution in [3.8, 4) is 0 Å². The predicted octanol–water partition coefficient (Wildman–Crippen LogP) is 2.06. The van der Waals surface area contributed by atoms with E-state index in [1.807, 2.05) is 29.9 Å². The highest BCUT2D eigenvalue weighted by Gasteiger charge is 1.95. The molecule has 0 aliphatic rings. The summed E-state index contributed by atoms with van der Waals surface area (Å²) < 4.78 is 0. The molecule has 0 saturated carbocycles. The van der Waals surface area contributed by atoms with E-state index < -0.39 is 0 Å². The zero-order valence-electron chi connectivity index (χ0n) is 9.02. The van der Waals surface area contributed by atoms with Crippen LogP contribution in [0.15, 0.2) is 36.0 Å². The molecular weight excluding hydrogens is 218 g/mol. The van der Waals surface area contributed by atoms with Crippen LogP contribution in [0, 0.1) is 0 Å². The van der Waals surface area contributed by atoms with Crippen molar-refractivity contribution in [1.82, 2.24) is 10.3 Å². The van der Waals surface area contributed by atoms with Gasteiger partial charge in [0, 0.05) is 23.3 Å². The third-order valence-electron chi connectivity index (χ3n) is 2.32. The number of anilines is 1. The molecular formula is C12H15N3S. The van der Waals surface area contributed by atoms with Crippen LogP contribution in [0.3, 0.4) is 0 Å². The molecule has 0 aliphatic heterocycles. The maximum absolute atomic E-state index is 5.71. The lowest BCUT2D eigenvalue weighted by Crippen LogP contribution is -2.15. The Morgan fingerprint density at radius 3 is 3.06 bits per heavy atom. The Balaban J connectivity index is 1.72. The summed E-state index contributed by atoms with van der Waals surface area (Å²) in [4.78, 5) is 5.30. The number of aromatic nitrogens is 1. The van der Waals surface area contributed by atoms with E-state index in [4.69, 9.17) is 5.73 Å². The zero-order valence-corrected chi connectivity index (χ0v) is 9.83. The standard InChI is InChI=1S/C12H15N3S/c13-11-3-1-2-10(6-11)4-5-14-7-12-8-15-9-16-12/h1-3,6,8-9,14H,4-5,7,13H2. The number of nitrogens with zero attached hydrogens (tertiary/aromatic N) is 1. The third-order valence-corrected chi connectivity index (χ3v) is 3.10. The number of nitrogen functional groups attached to an aromatic ring is 1. The SMILES string of the molecule is Nc1cccc(CCNCc2cncs2)c1. The van der Waals surface area contributed by atoms with Crippen LogP contribution in [0.1, 0.15) is 10.4 Å². The van der Waals surface area contributed by atoms with E-state index in [2.05, 4.69) is 16.4 Å². The van der Waals surface area contributed by atoms with Gasteiger partial charge >= 0.3 is 0 Å². The Morgan fingerprint density at radius 1 is 1.38 bits per heavy atom. The van der Waals surface area contributed by atoms with Gasteiger partial charge in [-0.15, -0.1) is 11.3 Å². The van der Waals surface area contributed by atoms with Crippen LogP contribution in [0.2, 0.25) is 0 Å². The zero-order chi connectivity index (χ0) is 11.2. The van der Waals surface area contributed by atoms with Gasteiger partial charge in [0.25, 0.3) is 0 Å². The van der Waals surface area contributed by atoms with Crippen molar-refractivity contribution in [2.24, 2.45) is 0 Å². The first-order valence-electron chi connectivity index (χ1n) is 5.27. The molecule has 0 spiro atoms. The minimum atomic E-state index is 0.833. The first-order chi connectivity index (χ1) is 7.84. The van der Waals surface area contributed by atoms with Crippen LogP contribution in [0.5, 0.6) is 0 Å². The van der Waals surface area contributed by atoms with Gasteiger partial charge in [0.15, 0.2) is 0 Å². The minimum absolute atomic E-state index is 0.833. The molecule has 1 aromatic heterocycles. The van der Waals surface area contributed by atoms with E-state index in [9.17, 15) is 0 Å². The number of rotatable bonds is 5. The van der Waals surface area contributed by atoms with Gasteiger partial charge in [-0.3, -0.25) is 4.98 Å². The van der Waals surface area contributed by atoms with E-state index in [1.165, 1.54) is 10.4 Å². The van der Waals surface area contributed by atoms with E-state index in [0.29, 0.717) is 0 Å². The lowest BCUT2D eigenvalue weighted by atomic mass is 10.1. The summed E-state index contributed by atoms with van der Waals surface area (Å²) >= 11 is 1.68. The van der Waals surface area contributed by atoms with Gasteiger partial charge in [0.2, 0.25) is 0 Å². The molecule has 0 aliphatic carbocycles. The molecule has 0 atom stereocenters. The fraction of sp³-hybridized carbons (Fsp3) is 0.250. The summed E-state index contributed by atoms with van der Waals surface area (Å²) in [5, 5.41) is 3.39.